The van der Waals surface area contributed by atoms with Crippen LogP contribution in [0.5, 0.6) is 0 Å². The first-order valence-electron chi connectivity index (χ1n) is 6.26. The maximum atomic E-state index is 5.96. The molecule has 1 aromatic heterocycles. The average Bonchev–Trinajstić information content (AvgIpc) is 2.83. The quantitative estimate of drug-likeness (QED) is 0.818. The van der Waals surface area contributed by atoms with Gasteiger partial charge in [0, 0.05) is 6.04 Å². The predicted molar refractivity (Wildman–Crippen MR) is 68.3 cm³/mol. The Morgan fingerprint density at radius 2 is 2.18 bits per heavy atom. The minimum Gasteiger partial charge on any atom is -0.440 e. The molecule has 0 amide bonds. The van der Waals surface area contributed by atoms with Gasteiger partial charge in [-0.05, 0) is 50.9 Å². The van der Waals surface area contributed by atoms with E-state index in [-0.39, 0.29) is 0 Å². The summed E-state index contributed by atoms with van der Waals surface area (Å²) in [6, 6.07) is 4.71. The van der Waals surface area contributed by atoms with Gasteiger partial charge in [-0.2, -0.15) is 0 Å². The maximum Gasteiger partial charge on any atom is 0.200 e. The van der Waals surface area contributed by atoms with Gasteiger partial charge in [0.1, 0.15) is 5.52 Å². The number of oxazole rings is 1. The van der Waals surface area contributed by atoms with E-state index in [0.29, 0.717) is 12.0 Å². The lowest BCUT2D eigenvalue weighted by atomic mass is 10.0. The predicted octanol–water partition coefficient (Wildman–Crippen LogP) is 2.91. The highest BCUT2D eigenvalue weighted by Gasteiger charge is 2.28. The number of nitrogens with zero attached hydrogens (tertiary/aromatic N) is 1. The minimum absolute atomic E-state index is 0.419. The second kappa shape index (κ2) is 3.84. The molecule has 0 spiro atoms. The molecule has 1 fully saturated rings. The Balaban J connectivity index is 2.10. The third-order valence-electron chi connectivity index (χ3n) is 3.68. The van der Waals surface area contributed by atoms with Crippen molar-refractivity contribution in [1.82, 2.24) is 10.3 Å². The van der Waals surface area contributed by atoms with E-state index in [1.165, 1.54) is 11.1 Å². The molecule has 2 atom stereocenters. The molecular formula is C14H18N2O. The number of benzene rings is 1. The van der Waals surface area contributed by atoms with Gasteiger partial charge in [-0.15, -0.1) is 0 Å². The molecular weight excluding hydrogens is 212 g/mol. The summed E-state index contributed by atoms with van der Waals surface area (Å²) in [4.78, 5) is 4.66. The molecule has 1 saturated heterocycles. The fourth-order valence-corrected chi connectivity index (χ4v) is 2.75. The molecule has 0 radical (unpaired) electrons. The van der Waals surface area contributed by atoms with Crippen molar-refractivity contribution in [2.75, 3.05) is 6.54 Å². The number of nitrogens with one attached hydrogen (secondary N) is 1. The van der Waals surface area contributed by atoms with Crippen molar-refractivity contribution in [2.45, 2.75) is 39.2 Å². The highest BCUT2D eigenvalue weighted by Crippen LogP contribution is 2.31. The number of rotatable bonds is 1. The Labute approximate surface area is 101 Å². The molecule has 1 aromatic carbocycles. The van der Waals surface area contributed by atoms with Crippen LogP contribution < -0.4 is 5.32 Å². The second-order valence-corrected chi connectivity index (χ2v) is 5.12. The van der Waals surface area contributed by atoms with Crippen molar-refractivity contribution in [3.8, 4) is 0 Å². The van der Waals surface area contributed by atoms with Crippen LogP contribution >= 0.6 is 0 Å². The van der Waals surface area contributed by atoms with Crippen LogP contribution in [-0.2, 0) is 0 Å². The van der Waals surface area contributed by atoms with Crippen molar-refractivity contribution in [3.63, 3.8) is 0 Å². The molecule has 1 N–H and O–H groups in total. The van der Waals surface area contributed by atoms with Gasteiger partial charge >= 0.3 is 0 Å². The average molecular weight is 230 g/mol. The van der Waals surface area contributed by atoms with Gasteiger partial charge in [-0.3, -0.25) is 0 Å². The molecule has 2 heterocycles. The van der Waals surface area contributed by atoms with Gasteiger partial charge in [-0.25, -0.2) is 4.98 Å². The van der Waals surface area contributed by atoms with E-state index in [9.17, 15) is 0 Å². The Kier molecular flexibility index (Phi) is 2.44. The van der Waals surface area contributed by atoms with Gasteiger partial charge in [0.05, 0.1) is 5.92 Å². The first kappa shape index (κ1) is 10.8. The van der Waals surface area contributed by atoms with E-state index in [1.807, 2.05) is 0 Å². The van der Waals surface area contributed by atoms with Crippen LogP contribution in [-0.4, -0.2) is 17.6 Å². The Hall–Kier alpha value is -1.35. The highest BCUT2D eigenvalue weighted by molar-refractivity contribution is 5.77. The zero-order valence-electron chi connectivity index (χ0n) is 10.6. The number of aromatic nitrogens is 1. The van der Waals surface area contributed by atoms with E-state index in [1.54, 1.807) is 0 Å². The van der Waals surface area contributed by atoms with Crippen LogP contribution in [0.1, 0.15) is 36.3 Å². The van der Waals surface area contributed by atoms with E-state index in [4.69, 9.17) is 4.42 Å². The van der Waals surface area contributed by atoms with E-state index in [2.05, 4.69) is 43.2 Å². The molecule has 2 aromatic rings. The van der Waals surface area contributed by atoms with Crippen molar-refractivity contribution in [3.05, 3.63) is 29.2 Å². The van der Waals surface area contributed by atoms with Crippen LogP contribution in [0.3, 0.4) is 0 Å². The van der Waals surface area contributed by atoms with Crippen molar-refractivity contribution in [1.29, 1.82) is 0 Å². The van der Waals surface area contributed by atoms with Crippen LogP contribution in [0.25, 0.3) is 11.1 Å². The number of aryl methyl sites for hydroxylation is 2. The lowest BCUT2D eigenvalue weighted by molar-refractivity contribution is 0.446. The number of fused-ring (bicyclic) bond motifs is 1. The van der Waals surface area contributed by atoms with Gasteiger partial charge in [-0.1, -0.05) is 6.07 Å². The lowest BCUT2D eigenvalue weighted by Crippen LogP contribution is -2.21. The summed E-state index contributed by atoms with van der Waals surface area (Å²) in [7, 11) is 0. The summed E-state index contributed by atoms with van der Waals surface area (Å²) in [6.45, 7) is 7.44. The molecule has 1 aliphatic heterocycles. The zero-order valence-corrected chi connectivity index (χ0v) is 10.6. The van der Waals surface area contributed by atoms with Crippen molar-refractivity contribution in [2.24, 2.45) is 0 Å². The van der Waals surface area contributed by atoms with E-state index in [0.717, 1.165) is 30.0 Å². The summed E-state index contributed by atoms with van der Waals surface area (Å²) < 4.78 is 5.96. The lowest BCUT2D eigenvalue weighted by Gasteiger charge is -2.09. The monoisotopic (exact) mass is 230 g/mol. The van der Waals surface area contributed by atoms with E-state index < -0.39 is 0 Å². The Morgan fingerprint density at radius 3 is 2.88 bits per heavy atom. The molecule has 0 saturated carbocycles. The molecule has 3 nitrogen and oxygen atoms in total. The zero-order chi connectivity index (χ0) is 12.0. The Bertz CT molecular complexity index is 559. The summed E-state index contributed by atoms with van der Waals surface area (Å²) >= 11 is 0. The smallest absolute Gasteiger partial charge is 0.200 e. The molecule has 0 aliphatic carbocycles. The number of hydrogen-bond acceptors (Lipinski definition) is 3. The van der Waals surface area contributed by atoms with Crippen LogP contribution in [0, 0.1) is 13.8 Å². The standard InChI is InChI=1S/C14H18N2O/c1-8-6-9(2)13-12(7-8)16-14(17-13)11-4-5-15-10(11)3/h6-7,10-11,15H,4-5H2,1-3H3. The summed E-state index contributed by atoms with van der Waals surface area (Å²) in [5, 5.41) is 3.44. The van der Waals surface area contributed by atoms with Crippen molar-refractivity contribution >= 4 is 11.1 Å². The third-order valence-corrected chi connectivity index (χ3v) is 3.68. The molecule has 3 rings (SSSR count). The van der Waals surface area contributed by atoms with E-state index >= 15 is 0 Å². The van der Waals surface area contributed by atoms with Gasteiger partial charge in [0.25, 0.3) is 0 Å². The summed E-state index contributed by atoms with van der Waals surface area (Å²) in [6.07, 6.45) is 1.12. The molecule has 2 unspecified atom stereocenters. The molecule has 0 bridgehead atoms. The second-order valence-electron chi connectivity index (χ2n) is 5.12. The topological polar surface area (TPSA) is 38.1 Å². The highest BCUT2D eigenvalue weighted by atomic mass is 16.3. The molecule has 1 aliphatic rings. The number of hydrogen-bond donors (Lipinski definition) is 1. The van der Waals surface area contributed by atoms with Crippen LogP contribution in [0.4, 0.5) is 0 Å². The molecule has 90 valence electrons. The molecule has 17 heavy (non-hydrogen) atoms. The molecule has 3 heteroatoms. The SMILES string of the molecule is Cc1cc(C)c2oc(C3CCNC3C)nc2c1. The minimum atomic E-state index is 0.419. The summed E-state index contributed by atoms with van der Waals surface area (Å²) in [5.74, 6) is 1.31. The fourth-order valence-electron chi connectivity index (χ4n) is 2.75. The largest absolute Gasteiger partial charge is 0.440 e. The van der Waals surface area contributed by atoms with Crippen LogP contribution in [0.15, 0.2) is 16.5 Å². The third kappa shape index (κ3) is 1.75. The van der Waals surface area contributed by atoms with Crippen molar-refractivity contribution < 1.29 is 4.42 Å². The summed E-state index contributed by atoms with van der Waals surface area (Å²) in [5.41, 5.74) is 4.37. The first-order valence-corrected chi connectivity index (χ1v) is 6.26. The van der Waals surface area contributed by atoms with Gasteiger partial charge in [0.15, 0.2) is 11.5 Å². The van der Waals surface area contributed by atoms with Gasteiger partial charge in [0.2, 0.25) is 0 Å². The maximum absolute atomic E-state index is 5.96. The fraction of sp³-hybridized carbons (Fsp3) is 0.500. The van der Waals surface area contributed by atoms with Crippen LogP contribution in [0.2, 0.25) is 0 Å². The van der Waals surface area contributed by atoms with Gasteiger partial charge < -0.3 is 9.73 Å². The normalized spacial score (nSPS) is 24.6. The first-order chi connectivity index (χ1) is 8.15. The Morgan fingerprint density at radius 1 is 1.35 bits per heavy atom.